The lowest BCUT2D eigenvalue weighted by Gasteiger charge is -1.76. The van der Waals surface area contributed by atoms with Gasteiger partial charge in [-0.25, -0.2) is 5.84 Å². The molecule has 0 spiro atoms. The summed E-state index contributed by atoms with van der Waals surface area (Å²) in [6, 6.07) is 5.67. The Balaban J connectivity index is 0.000000490. The molecule has 0 atom stereocenters. The van der Waals surface area contributed by atoms with Gasteiger partial charge in [-0.05, 0) is 0 Å². The number of halogens is 1. The van der Waals surface area contributed by atoms with Crippen molar-refractivity contribution in [2.75, 3.05) is 5.84 Å². The second-order valence-electron chi connectivity index (χ2n) is 1.32. The minimum atomic E-state index is 0. The summed E-state index contributed by atoms with van der Waals surface area (Å²) in [5.41, 5.74) is 0. The molecule has 0 saturated carbocycles. The van der Waals surface area contributed by atoms with Gasteiger partial charge in [0.2, 0.25) is 0 Å². The summed E-state index contributed by atoms with van der Waals surface area (Å²) < 4.78 is 1.50. The van der Waals surface area contributed by atoms with E-state index in [1.54, 1.807) is 12.4 Å². The molecule has 0 aliphatic rings. The molecule has 1 aromatic heterocycles. The van der Waals surface area contributed by atoms with Crippen LogP contribution in [0.1, 0.15) is 0 Å². The first kappa shape index (κ1) is 7.24. The lowest BCUT2D eigenvalue weighted by atomic mass is 10.5. The van der Waals surface area contributed by atoms with Gasteiger partial charge < -0.3 is 0 Å². The maximum Gasteiger partial charge on any atom is 0.199 e. The molecule has 0 aromatic carbocycles. The number of nitrogens with zero attached hydrogens (tertiary/aromatic N) is 1. The van der Waals surface area contributed by atoms with Crippen LogP contribution in [0, 0.1) is 0 Å². The van der Waals surface area contributed by atoms with Gasteiger partial charge in [0.1, 0.15) is 0 Å². The molecule has 2 N–H and O–H groups in total. The Bertz CT molecular complexity index is 140. The van der Waals surface area contributed by atoms with Crippen LogP contribution in [0.15, 0.2) is 30.6 Å². The van der Waals surface area contributed by atoms with Gasteiger partial charge in [-0.1, -0.05) is 10.7 Å². The molecule has 0 aliphatic carbocycles. The molecule has 0 unspecified atom stereocenters. The van der Waals surface area contributed by atoms with Crippen LogP contribution in [0.5, 0.6) is 0 Å². The van der Waals surface area contributed by atoms with Crippen molar-refractivity contribution in [2.45, 2.75) is 0 Å². The van der Waals surface area contributed by atoms with E-state index in [0.717, 1.165) is 0 Å². The smallest absolute Gasteiger partial charge is 0.199 e. The lowest BCUT2D eigenvalue weighted by molar-refractivity contribution is -0.638. The number of rotatable bonds is 0. The Labute approximate surface area is 54.3 Å². The molecule has 0 aliphatic heterocycles. The Morgan fingerprint density at radius 2 is 1.50 bits per heavy atom. The highest BCUT2D eigenvalue weighted by Gasteiger charge is 1.79. The van der Waals surface area contributed by atoms with Crippen molar-refractivity contribution in [1.82, 2.24) is 0 Å². The van der Waals surface area contributed by atoms with Crippen LogP contribution in [0.3, 0.4) is 0 Å². The van der Waals surface area contributed by atoms with Crippen molar-refractivity contribution >= 4 is 12.4 Å². The third-order valence-electron chi connectivity index (χ3n) is 0.739. The van der Waals surface area contributed by atoms with E-state index in [4.69, 9.17) is 5.84 Å². The first-order valence-electron chi connectivity index (χ1n) is 2.11. The monoisotopic (exact) mass is 131 g/mol. The number of nitrogens with two attached hydrogens (primary N) is 1. The van der Waals surface area contributed by atoms with Crippen LogP contribution in [-0.4, -0.2) is 0 Å². The zero-order chi connectivity index (χ0) is 5.11. The standard InChI is InChI=1S/C5H7N2.ClH/c6-7-4-2-1-3-5-7;/h1-5H,6H2;1H/q+1;. The second-order valence-corrected chi connectivity index (χ2v) is 1.32. The third kappa shape index (κ3) is 1.80. The number of hydrogen-bond donors (Lipinski definition) is 1. The van der Waals surface area contributed by atoms with Crippen LogP contribution in [0.25, 0.3) is 0 Å². The molecular formula is C5H8ClN2+. The summed E-state index contributed by atoms with van der Waals surface area (Å²) in [4.78, 5) is 0. The van der Waals surface area contributed by atoms with Crippen molar-refractivity contribution in [2.24, 2.45) is 0 Å². The SMILES string of the molecule is Cl.N[n+]1ccccc1. The van der Waals surface area contributed by atoms with Gasteiger partial charge in [0, 0.05) is 12.1 Å². The van der Waals surface area contributed by atoms with Crippen LogP contribution in [0.2, 0.25) is 0 Å². The quantitative estimate of drug-likeness (QED) is 0.393. The molecule has 0 saturated heterocycles. The topological polar surface area (TPSA) is 29.9 Å². The molecule has 0 amide bonds. The van der Waals surface area contributed by atoms with E-state index in [0.29, 0.717) is 0 Å². The van der Waals surface area contributed by atoms with Crippen LogP contribution in [0.4, 0.5) is 0 Å². The van der Waals surface area contributed by atoms with Gasteiger partial charge in [0.25, 0.3) is 0 Å². The van der Waals surface area contributed by atoms with Gasteiger partial charge in [0.05, 0.1) is 0 Å². The maximum atomic E-state index is 5.27. The zero-order valence-electron chi connectivity index (χ0n) is 4.32. The molecule has 0 radical (unpaired) electrons. The van der Waals surface area contributed by atoms with Crippen molar-refractivity contribution < 1.29 is 4.68 Å². The molecule has 0 bridgehead atoms. The van der Waals surface area contributed by atoms with Crippen LogP contribution in [-0.2, 0) is 0 Å². The fraction of sp³-hybridized carbons (Fsp3) is 0. The summed E-state index contributed by atoms with van der Waals surface area (Å²) in [5.74, 6) is 5.27. The van der Waals surface area contributed by atoms with Gasteiger partial charge in [-0.2, -0.15) is 0 Å². The largest absolute Gasteiger partial charge is 0.205 e. The Morgan fingerprint density at radius 1 is 1.00 bits per heavy atom. The summed E-state index contributed by atoms with van der Waals surface area (Å²) in [6.07, 6.45) is 3.56. The third-order valence-corrected chi connectivity index (χ3v) is 0.739. The first-order valence-corrected chi connectivity index (χ1v) is 2.11. The van der Waals surface area contributed by atoms with E-state index < -0.39 is 0 Å². The van der Waals surface area contributed by atoms with Crippen molar-refractivity contribution in [3.05, 3.63) is 30.6 Å². The van der Waals surface area contributed by atoms with Crippen molar-refractivity contribution in [3.8, 4) is 0 Å². The predicted octanol–water partition coefficient (Wildman–Crippen LogP) is 0.110. The summed E-state index contributed by atoms with van der Waals surface area (Å²) in [7, 11) is 0. The molecule has 2 nitrogen and oxygen atoms in total. The molecule has 1 rings (SSSR count). The molecule has 3 heteroatoms. The highest BCUT2D eigenvalue weighted by molar-refractivity contribution is 5.85. The minimum absolute atomic E-state index is 0. The molecule has 44 valence electrons. The number of aromatic nitrogens is 1. The average molecular weight is 132 g/mol. The number of hydrogen-bond acceptors (Lipinski definition) is 1. The molecule has 8 heavy (non-hydrogen) atoms. The Morgan fingerprint density at radius 3 is 1.75 bits per heavy atom. The number of pyridine rings is 1. The molecule has 1 heterocycles. The summed E-state index contributed by atoms with van der Waals surface area (Å²) >= 11 is 0. The Hall–Kier alpha value is -0.760. The van der Waals surface area contributed by atoms with E-state index in [-0.39, 0.29) is 12.4 Å². The summed E-state index contributed by atoms with van der Waals surface area (Å²) in [6.45, 7) is 0. The van der Waals surface area contributed by atoms with E-state index in [2.05, 4.69) is 0 Å². The highest BCUT2D eigenvalue weighted by atomic mass is 35.5. The van der Waals surface area contributed by atoms with E-state index in [1.807, 2.05) is 18.2 Å². The fourth-order valence-corrected chi connectivity index (χ4v) is 0.412. The average Bonchev–Trinajstić information content (AvgIpc) is 1.69. The van der Waals surface area contributed by atoms with E-state index >= 15 is 0 Å². The van der Waals surface area contributed by atoms with Gasteiger partial charge in [-0.3, -0.25) is 0 Å². The zero-order valence-corrected chi connectivity index (χ0v) is 5.14. The van der Waals surface area contributed by atoms with E-state index in [9.17, 15) is 0 Å². The van der Waals surface area contributed by atoms with E-state index in [1.165, 1.54) is 4.68 Å². The molecule has 0 fully saturated rings. The molecular weight excluding hydrogens is 124 g/mol. The highest BCUT2D eigenvalue weighted by Crippen LogP contribution is 1.70. The van der Waals surface area contributed by atoms with Crippen LogP contribution < -0.4 is 10.5 Å². The van der Waals surface area contributed by atoms with Crippen molar-refractivity contribution in [3.63, 3.8) is 0 Å². The minimum Gasteiger partial charge on any atom is -0.205 e. The van der Waals surface area contributed by atoms with Crippen LogP contribution >= 0.6 is 12.4 Å². The van der Waals surface area contributed by atoms with Gasteiger partial charge in [-0.15, -0.1) is 12.4 Å². The normalized spacial score (nSPS) is 7.50. The summed E-state index contributed by atoms with van der Waals surface area (Å²) in [5, 5.41) is 0. The maximum absolute atomic E-state index is 5.27. The van der Waals surface area contributed by atoms with Gasteiger partial charge >= 0.3 is 0 Å². The Kier molecular flexibility index (Phi) is 2.96. The first-order chi connectivity index (χ1) is 3.39. The lowest BCUT2D eigenvalue weighted by Crippen LogP contribution is -2.42. The predicted molar refractivity (Wildman–Crippen MR) is 34.0 cm³/mol. The van der Waals surface area contributed by atoms with Gasteiger partial charge in [0.15, 0.2) is 12.4 Å². The van der Waals surface area contributed by atoms with Crippen molar-refractivity contribution in [1.29, 1.82) is 0 Å². The fourth-order valence-electron chi connectivity index (χ4n) is 0.412. The molecule has 1 aromatic rings. The second kappa shape index (κ2) is 3.27. The number of nitrogen functional groups attached to an aromatic ring is 1.